The number of rotatable bonds is 5. The van der Waals surface area contributed by atoms with Crippen LogP contribution in [0.4, 0.5) is 0 Å². The number of hydrogen-bond donors (Lipinski definition) is 0. The summed E-state index contributed by atoms with van der Waals surface area (Å²) in [5, 5.41) is 11.7. The van der Waals surface area contributed by atoms with Crippen molar-refractivity contribution in [3.63, 3.8) is 0 Å². The molecule has 4 heteroatoms. The molecule has 0 N–H and O–H groups in total. The first-order valence-corrected chi connectivity index (χ1v) is 15.6. The standard InChI is InChI=1S/C41H25N3S/c42-24-27-11-13-28(14-12-27)29-15-17-30(18-16-29)36-7-1-9-38-39-10-2-8-37(41(39)45-40(36)38)35-22-33(31-5-3-19-43-25-31)21-34(23-35)32-6-4-20-44-26-32/h1-23,25-26H. The molecule has 0 amide bonds. The largest absolute Gasteiger partial charge is 0.264 e. The van der Waals surface area contributed by atoms with Gasteiger partial charge in [-0.15, -0.1) is 11.3 Å². The van der Waals surface area contributed by atoms with Gasteiger partial charge in [0, 0.05) is 56.1 Å². The Kier molecular flexibility index (Phi) is 6.72. The lowest BCUT2D eigenvalue weighted by Crippen LogP contribution is -1.87. The van der Waals surface area contributed by atoms with Gasteiger partial charge in [-0.2, -0.15) is 5.26 Å². The number of fused-ring (bicyclic) bond motifs is 3. The molecule has 0 aliphatic rings. The van der Waals surface area contributed by atoms with Crippen LogP contribution in [0.1, 0.15) is 5.56 Å². The summed E-state index contributed by atoms with van der Waals surface area (Å²) >= 11 is 1.86. The topological polar surface area (TPSA) is 49.6 Å². The highest BCUT2D eigenvalue weighted by atomic mass is 32.1. The van der Waals surface area contributed by atoms with Crippen LogP contribution in [-0.4, -0.2) is 9.97 Å². The molecule has 0 fully saturated rings. The van der Waals surface area contributed by atoms with Gasteiger partial charge in [0.15, 0.2) is 0 Å². The molecule has 0 saturated carbocycles. The molecule has 0 unspecified atom stereocenters. The molecule has 210 valence electrons. The maximum absolute atomic E-state index is 9.15. The second kappa shape index (κ2) is 11.3. The minimum Gasteiger partial charge on any atom is -0.264 e. The van der Waals surface area contributed by atoms with Gasteiger partial charge in [0.05, 0.1) is 11.6 Å². The molecule has 0 atom stereocenters. The fraction of sp³-hybridized carbons (Fsp3) is 0. The van der Waals surface area contributed by atoms with E-state index in [0.717, 1.165) is 33.4 Å². The zero-order valence-electron chi connectivity index (χ0n) is 24.2. The molecule has 8 rings (SSSR count). The summed E-state index contributed by atoms with van der Waals surface area (Å²) in [4.78, 5) is 8.78. The molecule has 0 spiro atoms. The quantitative estimate of drug-likeness (QED) is 0.200. The number of pyridine rings is 2. The van der Waals surface area contributed by atoms with Crippen LogP contribution in [0.25, 0.3) is 75.8 Å². The van der Waals surface area contributed by atoms with E-state index in [1.165, 1.54) is 42.4 Å². The second-order valence-corrected chi connectivity index (χ2v) is 12.0. The van der Waals surface area contributed by atoms with Gasteiger partial charge in [-0.3, -0.25) is 9.97 Å². The molecule has 0 saturated heterocycles. The van der Waals surface area contributed by atoms with E-state index in [-0.39, 0.29) is 0 Å². The van der Waals surface area contributed by atoms with E-state index < -0.39 is 0 Å². The number of hydrogen-bond acceptors (Lipinski definition) is 4. The van der Waals surface area contributed by atoms with E-state index in [4.69, 9.17) is 5.26 Å². The average Bonchev–Trinajstić information content (AvgIpc) is 3.52. The van der Waals surface area contributed by atoms with Gasteiger partial charge in [0.25, 0.3) is 0 Å². The summed E-state index contributed by atoms with van der Waals surface area (Å²) in [6.45, 7) is 0. The van der Waals surface area contributed by atoms with Crippen LogP contribution in [-0.2, 0) is 0 Å². The Bertz CT molecular complexity index is 2290. The summed E-state index contributed by atoms with van der Waals surface area (Å²) in [6, 6.07) is 46.9. The van der Waals surface area contributed by atoms with Crippen LogP contribution in [0.3, 0.4) is 0 Å². The van der Waals surface area contributed by atoms with E-state index in [0.29, 0.717) is 5.56 Å². The summed E-state index contributed by atoms with van der Waals surface area (Å²) in [7, 11) is 0. The van der Waals surface area contributed by atoms with Gasteiger partial charge >= 0.3 is 0 Å². The van der Waals surface area contributed by atoms with E-state index in [9.17, 15) is 0 Å². The van der Waals surface area contributed by atoms with E-state index in [1.807, 2.05) is 72.5 Å². The van der Waals surface area contributed by atoms with Crippen molar-refractivity contribution in [3.05, 3.63) is 158 Å². The molecule has 0 aliphatic heterocycles. The fourth-order valence-corrected chi connectivity index (χ4v) is 7.41. The van der Waals surface area contributed by atoms with Crippen molar-refractivity contribution in [2.75, 3.05) is 0 Å². The van der Waals surface area contributed by atoms with Crippen LogP contribution >= 0.6 is 11.3 Å². The normalized spacial score (nSPS) is 11.1. The molecule has 45 heavy (non-hydrogen) atoms. The van der Waals surface area contributed by atoms with Crippen molar-refractivity contribution in [1.82, 2.24) is 9.97 Å². The maximum atomic E-state index is 9.15. The average molecular weight is 592 g/mol. The first kappa shape index (κ1) is 26.7. The smallest absolute Gasteiger partial charge is 0.0991 e. The van der Waals surface area contributed by atoms with Crippen molar-refractivity contribution < 1.29 is 0 Å². The van der Waals surface area contributed by atoms with Gasteiger partial charge in [-0.1, -0.05) is 84.9 Å². The van der Waals surface area contributed by atoms with Crippen molar-refractivity contribution in [1.29, 1.82) is 5.26 Å². The van der Waals surface area contributed by atoms with Crippen molar-refractivity contribution in [3.8, 4) is 61.7 Å². The van der Waals surface area contributed by atoms with Crippen molar-refractivity contribution in [2.24, 2.45) is 0 Å². The van der Waals surface area contributed by atoms with Crippen LogP contribution in [0, 0.1) is 11.3 Å². The Morgan fingerprint density at radius 2 is 0.933 bits per heavy atom. The van der Waals surface area contributed by atoms with Gasteiger partial charge in [-0.05, 0) is 87.0 Å². The fourth-order valence-electron chi connectivity index (χ4n) is 6.04. The highest BCUT2D eigenvalue weighted by Gasteiger charge is 2.16. The van der Waals surface area contributed by atoms with E-state index in [2.05, 4.69) is 107 Å². The third-order valence-corrected chi connectivity index (χ3v) is 9.59. The highest BCUT2D eigenvalue weighted by Crippen LogP contribution is 2.45. The molecule has 8 aromatic rings. The molecule has 0 radical (unpaired) electrons. The van der Waals surface area contributed by atoms with Gasteiger partial charge in [-0.25, -0.2) is 0 Å². The first-order chi connectivity index (χ1) is 22.2. The van der Waals surface area contributed by atoms with Crippen LogP contribution < -0.4 is 0 Å². The maximum Gasteiger partial charge on any atom is 0.0991 e. The summed E-state index contributed by atoms with van der Waals surface area (Å²) in [6.07, 6.45) is 7.47. The Labute approximate surface area is 265 Å². The van der Waals surface area contributed by atoms with Crippen molar-refractivity contribution >= 4 is 31.5 Å². The van der Waals surface area contributed by atoms with Gasteiger partial charge < -0.3 is 0 Å². The third kappa shape index (κ3) is 4.96. The predicted octanol–water partition coefficient (Wildman–Crippen LogP) is 11.1. The molecular formula is C41H25N3S. The molecule has 3 heterocycles. The van der Waals surface area contributed by atoms with Gasteiger partial charge in [0.1, 0.15) is 0 Å². The Morgan fingerprint density at radius 3 is 1.44 bits per heavy atom. The van der Waals surface area contributed by atoms with Crippen LogP contribution in [0.5, 0.6) is 0 Å². The Morgan fingerprint density at radius 1 is 0.444 bits per heavy atom. The zero-order chi connectivity index (χ0) is 30.2. The Hall–Kier alpha value is -5.89. The number of nitriles is 1. The highest BCUT2D eigenvalue weighted by molar-refractivity contribution is 7.26. The lowest BCUT2D eigenvalue weighted by atomic mass is 9.93. The minimum absolute atomic E-state index is 0.670. The predicted molar refractivity (Wildman–Crippen MR) is 187 cm³/mol. The minimum atomic E-state index is 0.670. The number of aromatic nitrogens is 2. The monoisotopic (exact) mass is 591 g/mol. The number of thiophene rings is 1. The Balaban J connectivity index is 1.26. The molecule has 3 nitrogen and oxygen atoms in total. The van der Waals surface area contributed by atoms with Crippen LogP contribution in [0.15, 0.2) is 152 Å². The molecule has 0 bridgehead atoms. The molecule has 0 aliphatic carbocycles. The number of nitrogens with zero attached hydrogens (tertiary/aromatic N) is 3. The van der Waals surface area contributed by atoms with Gasteiger partial charge in [0.2, 0.25) is 0 Å². The SMILES string of the molecule is N#Cc1ccc(-c2ccc(-c3cccc4c3sc3c(-c5cc(-c6cccnc6)cc(-c6cccnc6)c5)cccc34)cc2)cc1. The zero-order valence-corrected chi connectivity index (χ0v) is 25.0. The van der Waals surface area contributed by atoms with E-state index >= 15 is 0 Å². The van der Waals surface area contributed by atoms with Crippen LogP contribution in [0.2, 0.25) is 0 Å². The van der Waals surface area contributed by atoms with Crippen molar-refractivity contribution in [2.45, 2.75) is 0 Å². The summed E-state index contributed by atoms with van der Waals surface area (Å²) < 4.78 is 2.55. The summed E-state index contributed by atoms with van der Waals surface area (Å²) in [5.41, 5.74) is 12.1. The number of benzene rings is 5. The third-order valence-electron chi connectivity index (χ3n) is 8.30. The molecule has 5 aromatic carbocycles. The summed E-state index contributed by atoms with van der Waals surface area (Å²) in [5.74, 6) is 0. The lowest BCUT2D eigenvalue weighted by Gasteiger charge is -2.11. The second-order valence-electron chi connectivity index (χ2n) is 11.0. The van der Waals surface area contributed by atoms with E-state index in [1.54, 1.807) is 0 Å². The molecular weight excluding hydrogens is 567 g/mol. The lowest BCUT2D eigenvalue weighted by molar-refractivity contribution is 1.32. The molecule has 3 aromatic heterocycles. The first-order valence-electron chi connectivity index (χ1n) is 14.8.